The fourth-order valence-corrected chi connectivity index (χ4v) is 4.61. The highest BCUT2D eigenvalue weighted by Gasteiger charge is 2.17. The molecule has 0 saturated carbocycles. The summed E-state index contributed by atoms with van der Waals surface area (Å²) in [6, 6.07) is 29.4. The zero-order valence-corrected chi connectivity index (χ0v) is 16.9. The van der Waals surface area contributed by atoms with Crippen LogP contribution in [0.2, 0.25) is 0 Å². The van der Waals surface area contributed by atoms with Crippen LogP contribution >= 0.6 is 0 Å². The van der Waals surface area contributed by atoms with Gasteiger partial charge in [-0.3, -0.25) is 4.57 Å². The van der Waals surface area contributed by atoms with Crippen molar-refractivity contribution in [1.82, 2.24) is 19.5 Å². The summed E-state index contributed by atoms with van der Waals surface area (Å²) in [6.45, 7) is 0. The zero-order valence-electron chi connectivity index (χ0n) is 16.9. The van der Waals surface area contributed by atoms with E-state index in [2.05, 4.69) is 92.3 Å². The Morgan fingerprint density at radius 2 is 1.34 bits per heavy atom. The van der Waals surface area contributed by atoms with Crippen LogP contribution in [0.1, 0.15) is 0 Å². The molecule has 4 aromatic carbocycles. The number of hydrogen-bond donors (Lipinski definition) is 0. The second-order valence-corrected chi connectivity index (χ2v) is 7.84. The summed E-state index contributed by atoms with van der Waals surface area (Å²) in [4.78, 5) is 12.8. The number of benzene rings is 4. The summed E-state index contributed by atoms with van der Waals surface area (Å²) < 4.78 is 8.34. The Bertz CT molecular complexity index is 1770. The number of fused-ring (bicyclic) bond motifs is 6. The van der Waals surface area contributed by atoms with Gasteiger partial charge in [0.05, 0.1) is 11.0 Å². The van der Waals surface area contributed by atoms with E-state index in [9.17, 15) is 0 Å². The highest BCUT2D eigenvalue weighted by molar-refractivity contribution is 6.17. The summed E-state index contributed by atoms with van der Waals surface area (Å²) in [6.07, 6.45) is 3.04. The van der Waals surface area contributed by atoms with Crippen molar-refractivity contribution in [2.24, 2.45) is 0 Å². The van der Waals surface area contributed by atoms with Crippen molar-refractivity contribution in [2.75, 3.05) is 0 Å². The Morgan fingerprint density at radius 3 is 2.22 bits per heavy atom. The molecule has 0 aliphatic carbocycles. The summed E-state index contributed by atoms with van der Waals surface area (Å²) in [7, 11) is 0. The largest absolute Gasteiger partial charge is 0.456 e. The maximum Gasteiger partial charge on any atom is 0.237 e. The van der Waals surface area contributed by atoms with Crippen LogP contribution in [0, 0.1) is 0 Å². The molecule has 0 atom stereocenters. The lowest BCUT2D eigenvalue weighted by Gasteiger charge is -2.04. The van der Waals surface area contributed by atoms with Crippen LogP contribution < -0.4 is 0 Å². The molecule has 0 saturated heterocycles. The lowest BCUT2D eigenvalue weighted by Crippen LogP contribution is -2.00. The number of rotatable bonds is 2. The molecule has 0 spiro atoms. The third-order valence-corrected chi connectivity index (χ3v) is 6.05. The van der Waals surface area contributed by atoms with Crippen molar-refractivity contribution >= 4 is 43.7 Å². The van der Waals surface area contributed by atoms with Crippen LogP contribution in [0.5, 0.6) is 0 Å². The van der Waals surface area contributed by atoms with Crippen LogP contribution in [-0.2, 0) is 0 Å². The van der Waals surface area contributed by atoms with Gasteiger partial charge in [0.15, 0.2) is 0 Å². The predicted octanol–water partition coefficient (Wildman–Crippen LogP) is 6.54. The first-order chi connectivity index (χ1) is 15.9. The van der Waals surface area contributed by atoms with Crippen molar-refractivity contribution in [1.29, 1.82) is 0 Å². The summed E-state index contributed by atoms with van der Waals surface area (Å²) in [5.74, 6) is 0.591. The molecule has 0 unspecified atom stereocenters. The van der Waals surface area contributed by atoms with Crippen molar-refractivity contribution in [3.05, 3.63) is 97.6 Å². The van der Waals surface area contributed by atoms with Crippen molar-refractivity contribution < 1.29 is 4.42 Å². The van der Waals surface area contributed by atoms with E-state index in [1.54, 1.807) is 0 Å². The van der Waals surface area contributed by atoms with E-state index in [0.717, 1.165) is 43.7 Å². The molecule has 150 valence electrons. The van der Waals surface area contributed by atoms with Crippen LogP contribution in [-0.4, -0.2) is 19.5 Å². The Hall–Kier alpha value is -4.51. The standard InChI is InChI=1S/C27H16N4O/c1-2-6-17(7-3-1)18-10-11-25-21(12-18)22-13-20-19-8-4-5-9-23(19)31(24(20)14-26(22)32-25)27-29-15-28-16-30-27/h1-16H. The van der Waals surface area contributed by atoms with Gasteiger partial charge in [0.2, 0.25) is 5.95 Å². The highest BCUT2D eigenvalue weighted by atomic mass is 16.3. The van der Waals surface area contributed by atoms with E-state index in [4.69, 9.17) is 4.42 Å². The van der Waals surface area contributed by atoms with Crippen molar-refractivity contribution in [3.63, 3.8) is 0 Å². The van der Waals surface area contributed by atoms with Gasteiger partial charge in [0.1, 0.15) is 23.8 Å². The first-order valence-electron chi connectivity index (χ1n) is 10.4. The minimum Gasteiger partial charge on any atom is -0.456 e. The van der Waals surface area contributed by atoms with Gasteiger partial charge in [-0.2, -0.15) is 0 Å². The van der Waals surface area contributed by atoms with Gasteiger partial charge in [0.25, 0.3) is 0 Å². The maximum absolute atomic E-state index is 6.27. The summed E-state index contributed by atoms with van der Waals surface area (Å²) in [5.41, 5.74) is 6.15. The zero-order chi connectivity index (χ0) is 21.1. The molecule has 0 amide bonds. The van der Waals surface area contributed by atoms with Gasteiger partial charge in [-0.25, -0.2) is 15.0 Å². The van der Waals surface area contributed by atoms with Gasteiger partial charge < -0.3 is 4.42 Å². The molecule has 5 nitrogen and oxygen atoms in total. The average Bonchev–Trinajstić information content (AvgIpc) is 3.38. The van der Waals surface area contributed by atoms with Gasteiger partial charge in [-0.05, 0) is 35.4 Å². The number of hydrogen-bond acceptors (Lipinski definition) is 4. The van der Waals surface area contributed by atoms with E-state index in [0.29, 0.717) is 5.95 Å². The quantitative estimate of drug-likeness (QED) is 0.324. The molecule has 3 heterocycles. The molecule has 0 aliphatic rings. The van der Waals surface area contributed by atoms with Crippen molar-refractivity contribution in [2.45, 2.75) is 0 Å². The molecule has 7 aromatic rings. The van der Waals surface area contributed by atoms with Gasteiger partial charge in [0, 0.05) is 27.6 Å². The second kappa shape index (κ2) is 6.49. The Balaban J connectivity index is 1.57. The first-order valence-corrected chi connectivity index (χ1v) is 10.4. The SMILES string of the molecule is c1ccc(-c2ccc3oc4cc5c(cc4c3c2)c2ccccc2n5-c2ncncn2)cc1. The molecule has 0 bridgehead atoms. The third-order valence-electron chi connectivity index (χ3n) is 6.05. The smallest absolute Gasteiger partial charge is 0.237 e. The monoisotopic (exact) mass is 412 g/mol. The lowest BCUT2D eigenvalue weighted by molar-refractivity contribution is 0.669. The number of aromatic nitrogens is 4. The Morgan fingerprint density at radius 1 is 0.562 bits per heavy atom. The fourth-order valence-electron chi connectivity index (χ4n) is 4.61. The fraction of sp³-hybridized carbons (Fsp3) is 0. The molecular formula is C27H16N4O. The molecule has 7 rings (SSSR count). The van der Waals surface area contributed by atoms with Crippen molar-refractivity contribution in [3.8, 4) is 17.1 Å². The highest BCUT2D eigenvalue weighted by Crippen LogP contribution is 2.38. The second-order valence-electron chi connectivity index (χ2n) is 7.84. The Labute approximate surface area is 182 Å². The van der Waals surface area contributed by atoms with Crippen LogP contribution in [0.25, 0.3) is 60.8 Å². The predicted molar refractivity (Wildman–Crippen MR) is 127 cm³/mol. The van der Waals surface area contributed by atoms with E-state index in [-0.39, 0.29) is 0 Å². The van der Waals surface area contributed by atoms with E-state index in [1.165, 1.54) is 23.8 Å². The number of nitrogens with zero attached hydrogens (tertiary/aromatic N) is 4. The maximum atomic E-state index is 6.27. The first kappa shape index (κ1) is 17.2. The molecule has 0 N–H and O–H groups in total. The molecule has 32 heavy (non-hydrogen) atoms. The van der Waals surface area contributed by atoms with E-state index < -0.39 is 0 Å². The number of furan rings is 1. The van der Waals surface area contributed by atoms with Gasteiger partial charge >= 0.3 is 0 Å². The van der Waals surface area contributed by atoms with Gasteiger partial charge in [-0.1, -0.05) is 54.6 Å². The van der Waals surface area contributed by atoms with Crippen LogP contribution in [0.4, 0.5) is 0 Å². The normalized spacial score (nSPS) is 11.8. The summed E-state index contributed by atoms with van der Waals surface area (Å²) >= 11 is 0. The van der Waals surface area contributed by atoms with Crippen LogP contribution in [0.15, 0.2) is 102 Å². The number of para-hydroxylation sites is 1. The average molecular weight is 412 g/mol. The molecule has 5 heteroatoms. The lowest BCUT2D eigenvalue weighted by atomic mass is 10.0. The molecule has 0 aliphatic heterocycles. The third kappa shape index (κ3) is 2.42. The van der Waals surface area contributed by atoms with Gasteiger partial charge in [-0.15, -0.1) is 0 Å². The van der Waals surface area contributed by atoms with Crippen LogP contribution in [0.3, 0.4) is 0 Å². The molecular weight excluding hydrogens is 396 g/mol. The Kier molecular flexibility index (Phi) is 3.49. The molecule has 0 fully saturated rings. The molecule has 0 radical (unpaired) electrons. The van der Waals surface area contributed by atoms with E-state index >= 15 is 0 Å². The topological polar surface area (TPSA) is 56.7 Å². The minimum absolute atomic E-state index is 0.591. The minimum atomic E-state index is 0.591. The van der Waals surface area contributed by atoms with E-state index in [1.807, 2.05) is 12.1 Å². The molecule has 3 aromatic heterocycles. The summed E-state index contributed by atoms with van der Waals surface area (Å²) in [5, 5.41) is 4.50.